The van der Waals surface area contributed by atoms with Gasteiger partial charge in [-0.05, 0) is 49.5 Å². The zero-order valence-electron chi connectivity index (χ0n) is 12.0. The number of hydrogen-bond donors (Lipinski definition) is 2. The van der Waals surface area contributed by atoms with E-state index in [1.165, 1.54) is 0 Å². The summed E-state index contributed by atoms with van der Waals surface area (Å²) in [4.78, 5) is 2.06. The first-order chi connectivity index (χ1) is 9.95. The molecule has 0 aliphatic rings. The van der Waals surface area contributed by atoms with Crippen LogP contribution in [0.2, 0.25) is 0 Å². The Kier molecular flexibility index (Phi) is 4.75. The Hall–Kier alpha value is -2.14. The van der Waals surface area contributed by atoms with E-state index in [0.29, 0.717) is 5.56 Å². The first-order valence-corrected chi connectivity index (χ1v) is 6.60. The van der Waals surface area contributed by atoms with Crippen LogP contribution >= 0.6 is 0 Å². The van der Waals surface area contributed by atoms with Gasteiger partial charge in [-0.1, -0.05) is 12.1 Å². The summed E-state index contributed by atoms with van der Waals surface area (Å²) in [6, 6.07) is 10.1. The van der Waals surface area contributed by atoms with E-state index in [4.69, 9.17) is 5.11 Å². The molecule has 0 atom stereocenters. The summed E-state index contributed by atoms with van der Waals surface area (Å²) in [5.74, 6) is -2.84. The normalized spacial score (nSPS) is 10.9. The maximum absolute atomic E-state index is 13.3. The van der Waals surface area contributed by atoms with Gasteiger partial charge in [0.15, 0.2) is 17.4 Å². The van der Waals surface area contributed by atoms with Crippen LogP contribution < -0.4 is 5.32 Å². The fourth-order valence-electron chi connectivity index (χ4n) is 2.07. The third-order valence-corrected chi connectivity index (χ3v) is 3.00. The predicted octanol–water partition coefficient (Wildman–Crippen LogP) is 3.34. The number of nitrogens with one attached hydrogen (secondary N) is 1. The van der Waals surface area contributed by atoms with Crippen molar-refractivity contribution >= 4 is 5.69 Å². The van der Waals surface area contributed by atoms with E-state index < -0.39 is 17.4 Å². The molecule has 0 bridgehead atoms. The molecule has 0 aromatic heterocycles. The highest BCUT2D eigenvalue weighted by Crippen LogP contribution is 2.22. The average molecular weight is 292 g/mol. The Morgan fingerprint density at radius 1 is 1.05 bits per heavy atom. The van der Waals surface area contributed by atoms with Crippen molar-refractivity contribution in [2.45, 2.75) is 13.1 Å². The van der Waals surface area contributed by atoms with Crippen LogP contribution in [0.1, 0.15) is 11.1 Å². The first kappa shape index (κ1) is 15.3. The summed E-state index contributed by atoms with van der Waals surface area (Å²) in [7, 11) is 3.98. The van der Waals surface area contributed by atoms with Crippen LogP contribution in [0.3, 0.4) is 0 Å². The molecule has 0 aliphatic carbocycles. The van der Waals surface area contributed by atoms with Crippen molar-refractivity contribution < 1.29 is 13.9 Å². The summed E-state index contributed by atoms with van der Waals surface area (Å²) >= 11 is 0. The van der Waals surface area contributed by atoms with Gasteiger partial charge in [-0.25, -0.2) is 8.78 Å². The van der Waals surface area contributed by atoms with Gasteiger partial charge in [-0.3, -0.25) is 0 Å². The maximum Gasteiger partial charge on any atom is 0.187 e. The third kappa shape index (κ3) is 4.16. The highest BCUT2D eigenvalue weighted by molar-refractivity contribution is 5.46. The lowest BCUT2D eigenvalue weighted by Crippen LogP contribution is -2.10. The summed E-state index contributed by atoms with van der Waals surface area (Å²) in [5, 5.41) is 12.2. The fraction of sp³-hybridized carbons (Fsp3) is 0.250. The van der Waals surface area contributed by atoms with Gasteiger partial charge in [0.2, 0.25) is 0 Å². The molecule has 0 saturated carbocycles. The third-order valence-electron chi connectivity index (χ3n) is 3.00. The number of phenolic OH excluding ortho intramolecular Hbond substituents is 1. The van der Waals surface area contributed by atoms with Crippen LogP contribution in [0.5, 0.6) is 5.75 Å². The van der Waals surface area contributed by atoms with Crippen molar-refractivity contribution in [1.29, 1.82) is 0 Å². The average Bonchev–Trinajstić information content (AvgIpc) is 2.42. The fourth-order valence-corrected chi connectivity index (χ4v) is 2.07. The molecule has 3 nitrogen and oxygen atoms in total. The Morgan fingerprint density at radius 2 is 1.71 bits per heavy atom. The van der Waals surface area contributed by atoms with Crippen molar-refractivity contribution in [1.82, 2.24) is 4.90 Å². The molecule has 0 spiro atoms. The minimum Gasteiger partial charge on any atom is -0.503 e. The lowest BCUT2D eigenvalue weighted by Gasteiger charge is -2.12. The maximum atomic E-state index is 13.3. The summed E-state index contributed by atoms with van der Waals surface area (Å²) < 4.78 is 26.5. The minimum absolute atomic E-state index is 0.277. The molecule has 2 aromatic rings. The second-order valence-corrected chi connectivity index (χ2v) is 5.20. The molecule has 0 radical (unpaired) electrons. The van der Waals surface area contributed by atoms with E-state index in [0.717, 1.165) is 29.9 Å². The van der Waals surface area contributed by atoms with Gasteiger partial charge in [0.25, 0.3) is 0 Å². The van der Waals surface area contributed by atoms with Crippen LogP contribution in [0, 0.1) is 11.6 Å². The topological polar surface area (TPSA) is 35.5 Å². The van der Waals surface area contributed by atoms with Crippen molar-refractivity contribution in [3.8, 4) is 5.75 Å². The Bertz CT molecular complexity index is 606. The lowest BCUT2D eigenvalue weighted by molar-refractivity contribution is 0.395. The number of nitrogens with zero attached hydrogens (tertiary/aromatic N) is 1. The van der Waals surface area contributed by atoms with E-state index in [-0.39, 0.29) is 6.54 Å². The minimum atomic E-state index is -0.951. The molecule has 0 unspecified atom stereocenters. The summed E-state index contributed by atoms with van der Waals surface area (Å²) in [6.45, 7) is 1.09. The quantitative estimate of drug-likeness (QED) is 0.887. The predicted molar refractivity (Wildman–Crippen MR) is 79.2 cm³/mol. The monoisotopic (exact) mass is 292 g/mol. The highest BCUT2D eigenvalue weighted by atomic mass is 19.1. The van der Waals surface area contributed by atoms with Gasteiger partial charge >= 0.3 is 0 Å². The molecule has 0 aliphatic heterocycles. The zero-order valence-corrected chi connectivity index (χ0v) is 12.0. The molecule has 0 heterocycles. The Balaban J connectivity index is 2.06. The molecule has 0 amide bonds. The molecule has 5 heteroatoms. The molecule has 0 saturated heterocycles. The zero-order chi connectivity index (χ0) is 15.4. The number of aromatic hydroxyl groups is 1. The molecular formula is C16H18F2N2O. The number of benzene rings is 2. The molecule has 2 rings (SSSR count). The standard InChI is InChI=1S/C16H18F2N2O/c1-20(2)10-11-4-3-5-13(6-11)19-9-12-7-14(17)16(21)15(18)8-12/h3-8,19,21H,9-10H2,1-2H3. The van der Waals surface area contributed by atoms with Gasteiger partial charge in [-0.2, -0.15) is 0 Å². The smallest absolute Gasteiger partial charge is 0.187 e. The van der Waals surface area contributed by atoms with Gasteiger partial charge in [0, 0.05) is 18.8 Å². The summed E-state index contributed by atoms with van der Waals surface area (Å²) in [6.07, 6.45) is 0. The van der Waals surface area contributed by atoms with Crippen molar-refractivity contribution in [3.05, 3.63) is 59.2 Å². The second kappa shape index (κ2) is 6.54. The first-order valence-electron chi connectivity index (χ1n) is 6.60. The number of hydrogen-bond acceptors (Lipinski definition) is 3. The van der Waals surface area contributed by atoms with Gasteiger partial charge < -0.3 is 15.3 Å². The summed E-state index contributed by atoms with van der Waals surface area (Å²) in [5.41, 5.74) is 2.46. The number of phenols is 1. The molecule has 0 fully saturated rings. The van der Waals surface area contributed by atoms with E-state index in [2.05, 4.69) is 10.2 Å². The molecule has 112 valence electrons. The van der Waals surface area contributed by atoms with Crippen LogP contribution in [-0.4, -0.2) is 24.1 Å². The van der Waals surface area contributed by atoms with E-state index in [9.17, 15) is 8.78 Å². The number of anilines is 1. The number of halogens is 2. The van der Waals surface area contributed by atoms with E-state index >= 15 is 0 Å². The Labute approximate surface area is 122 Å². The second-order valence-electron chi connectivity index (χ2n) is 5.20. The van der Waals surface area contributed by atoms with Crippen LogP contribution in [0.25, 0.3) is 0 Å². The van der Waals surface area contributed by atoms with E-state index in [1.54, 1.807) is 0 Å². The van der Waals surface area contributed by atoms with E-state index in [1.807, 2.05) is 38.4 Å². The largest absolute Gasteiger partial charge is 0.503 e. The SMILES string of the molecule is CN(C)Cc1cccc(NCc2cc(F)c(O)c(F)c2)c1. The van der Waals surface area contributed by atoms with Crippen molar-refractivity contribution in [3.63, 3.8) is 0 Å². The van der Waals surface area contributed by atoms with Gasteiger partial charge in [0.1, 0.15) is 0 Å². The molecule has 2 aromatic carbocycles. The van der Waals surface area contributed by atoms with Crippen LogP contribution in [0.15, 0.2) is 36.4 Å². The molecule has 21 heavy (non-hydrogen) atoms. The molecular weight excluding hydrogens is 274 g/mol. The lowest BCUT2D eigenvalue weighted by atomic mass is 10.1. The molecule has 2 N–H and O–H groups in total. The van der Waals surface area contributed by atoms with Gasteiger partial charge in [0.05, 0.1) is 0 Å². The van der Waals surface area contributed by atoms with Crippen molar-refractivity contribution in [2.24, 2.45) is 0 Å². The van der Waals surface area contributed by atoms with Crippen LogP contribution in [0.4, 0.5) is 14.5 Å². The highest BCUT2D eigenvalue weighted by Gasteiger charge is 2.09. The van der Waals surface area contributed by atoms with Crippen LogP contribution in [-0.2, 0) is 13.1 Å². The van der Waals surface area contributed by atoms with Crippen molar-refractivity contribution in [2.75, 3.05) is 19.4 Å². The number of rotatable bonds is 5. The van der Waals surface area contributed by atoms with Gasteiger partial charge in [-0.15, -0.1) is 0 Å². The Morgan fingerprint density at radius 3 is 2.33 bits per heavy atom.